The summed E-state index contributed by atoms with van der Waals surface area (Å²) in [6.07, 6.45) is -0.384. The second kappa shape index (κ2) is 7.83. The van der Waals surface area contributed by atoms with Crippen LogP contribution in [-0.2, 0) is 23.9 Å². The van der Waals surface area contributed by atoms with Gasteiger partial charge in [-0.05, 0) is 13.3 Å². The van der Waals surface area contributed by atoms with Gasteiger partial charge in [-0.15, -0.1) is 0 Å². The van der Waals surface area contributed by atoms with Gasteiger partial charge < -0.3 is 9.29 Å². The zero-order valence-electron chi connectivity index (χ0n) is 8.23. The summed E-state index contributed by atoms with van der Waals surface area (Å²) < 4.78 is 26.2. The molecule has 0 bridgehead atoms. The molecule has 0 aliphatic rings. The molecule has 0 spiro atoms. The van der Waals surface area contributed by atoms with Crippen molar-refractivity contribution in [3.8, 4) is 0 Å². The van der Waals surface area contributed by atoms with Crippen LogP contribution in [0.25, 0.3) is 0 Å². The zero-order valence-corrected chi connectivity index (χ0v) is 9.04. The first kappa shape index (κ1) is 18.0. The van der Waals surface area contributed by atoms with Gasteiger partial charge in [0.05, 0.1) is 5.75 Å². The van der Waals surface area contributed by atoms with E-state index >= 15 is 0 Å². The Morgan fingerprint density at radius 1 is 1.38 bits per heavy atom. The van der Waals surface area contributed by atoms with Crippen LogP contribution in [0, 0.1) is 0 Å². The molecule has 16 heavy (non-hydrogen) atoms. The third-order valence-corrected chi connectivity index (χ3v) is 2.53. The molecule has 6 nitrogen and oxygen atoms in total. The molecule has 0 unspecified atom stereocenters. The van der Waals surface area contributed by atoms with Crippen LogP contribution in [0.2, 0.25) is 0 Å². The van der Waals surface area contributed by atoms with E-state index in [4.69, 9.17) is 5.11 Å². The Morgan fingerprint density at radius 3 is 2.25 bits per heavy atom. The number of aliphatic carboxylic acids is 1. The quantitative estimate of drug-likeness (QED) is 0.398. The minimum absolute atomic E-state index is 0. The molecule has 0 aliphatic heterocycles. The van der Waals surface area contributed by atoms with Crippen molar-refractivity contribution in [2.75, 3.05) is 5.75 Å². The molecule has 0 aliphatic carbocycles. The number of carbonyl (C=O) groups is 2. The maximum absolute atomic E-state index is 11.0. The monoisotopic (exact) mass is 260 g/mol. The Morgan fingerprint density at radius 2 is 1.88 bits per heavy atom. The molecule has 1 N–H and O–H groups in total. The molecule has 8 heteroatoms. The molecule has 0 heterocycles. The molecular formula is C8H13NaO6S. The summed E-state index contributed by atoms with van der Waals surface area (Å²) in [6.45, 7) is 4.53. The van der Waals surface area contributed by atoms with Gasteiger partial charge in [0.1, 0.15) is 0 Å². The molecule has 0 radical (unpaired) electrons. The van der Waals surface area contributed by atoms with Gasteiger partial charge in [-0.2, -0.15) is 8.42 Å². The fourth-order valence-corrected chi connectivity index (χ4v) is 1.58. The summed E-state index contributed by atoms with van der Waals surface area (Å²) in [5, 5.41) is 8.26. The summed E-state index contributed by atoms with van der Waals surface area (Å²) in [6, 6.07) is 0. The third kappa shape index (κ3) is 8.90. The summed E-state index contributed by atoms with van der Waals surface area (Å²) >= 11 is 0. The van der Waals surface area contributed by atoms with E-state index in [2.05, 4.69) is 10.8 Å². The van der Waals surface area contributed by atoms with Gasteiger partial charge in [0.15, 0.2) is 0 Å². The van der Waals surface area contributed by atoms with Crippen LogP contribution in [0.3, 0.4) is 0 Å². The summed E-state index contributed by atoms with van der Waals surface area (Å²) in [4.78, 5) is 20.9. The first-order valence-electron chi connectivity index (χ1n) is 4.08. The average Bonchev–Trinajstić information content (AvgIpc) is 2.01. The van der Waals surface area contributed by atoms with Crippen molar-refractivity contribution in [1.82, 2.24) is 0 Å². The van der Waals surface area contributed by atoms with E-state index < -0.39 is 27.8 Å². The molecule has 0 amide bonds. The van der Waals surface area contributed by atoms with Crippen LogP contribution in [-0.4, -0.2) is 60.8 Å². The van der Waals surface area contributed by atoms with Crippen LogP contribution in [0.4, 0.5) is 0 Å². The number of hydrogen-bond donors (Lipinski definition) is 1. The van der Waals surface area contributed by atoms with Crippen molar-refractivity contribution in [2.24, 2.45) is 0 Å². The predicted molar refractivity (Wildman–Crippen MR) is 58.7 cm³/mol. The normalized spacial score (nSPS) is 10.1. The van der Waals surface area contributed by atoms with E-state index in [9.17, 15) is 18.0 Å². The van der Waals surface area contributed by atoms with Crippen LogP contribution in [0.5, 0.6) is 0 Å². The van der Waals surface area contributed by atoms with Crippen molar-refractivity contribution >= 4 is 51.6 Å². The second-order valence-corrected chi connectivity index (χ2v) is 4.60. The first-order chi connectivity index (χ1) is 6.74. The van der Waals surface area contributed by atoms with Gasteiger partial charge in [-0.25, -0.2) is 4.79 Å². The van der Waals surface area contributed by atoms with Crippen molar-refractivity contribution in [1.29, 1.82) is 0 Å². The van der Waals surface area contributed by atoms with Gasteiger partial charge in [0.2, 0.25) is 0 Å². The molecular weight excluding hydrogens is 247 g/mol. The fraction of sp³-hybridized carbons (Fsp3) is 0.500. The molecule has 0 saturated heterocycles. The average molecular weight is 260 g/mol. The van der Waals surface area contributed by atoms with Crippen molar-refractivity contribution < 1.29 is 27.3 Å². The Labute approximate surface area is 116 Å². The number of carboxylic acids is 1. The Balaban J connectivity index is 0. The minimum atomic E-state index is -4.00. The molecule has 0 aromatic rings. The standard InChI is InChI=1S/C8H12O6S.Na.H/c1-6(2)8(11)14-15(12,13)5-3-4-7(9)10;;/h1,3-5H2,2H3,(H,9,10);;. The molecule has 0 rings (SSSR count). The molecule has 0 fully saturated rings. The summed E-state index contributed by atoms with van der Waals surface area (Å²) in [5.41, 5.74) is -0.0307. The molecule has 0 aromatic carbocycles. The van der Waals surface area contributed by atoms with Gasteiger partial charge >= 0.3 is 51.6 Å². The van der Waals surface area contributed by atoms with Crippen LogP contribution < -0.4 is 0 Å². The number of carboxylic acid groups (broad SMARTS) is 1. The van der Waals surface area contributed by atoms with Crippen molar-refractivity contribution in [3.05, 3.63) is 12.2 Å². The van der Waals surface area contributed by atoms with Crippen molar-refractivity contribution in [3.63, 3.8) is 0 Å². The van der Waals surface area contributed by atoms with E-state index in [1.54, 1.807) is 0 Å². The number of hydrogen-bond acceptors (Lipinski definition) is 5. The van der Waals surface area contributed by atoms with Crippen molar-refractivity contribution in [2.45, 2.75) is 19.8 Å². The van der Waals surface area contributed by atoms with Gasteiger partial charge in [0, 0.05) is 12.0 Å². The topological polar surface area (TPSA) is 97.7 Å². The van der Waals surface area contributed by atoms with E-state index in [-0.39, 0.29) is 48.0 Å². The SMILES string of the molecule is C=C(C)C(=O)OS(=O)(=O)CCCC(=O)O.[NaH]. The van der Waals surface area contributed by atoms with Crippen LogP contribution >= 0.6 is 0 Å². The van der Waals surface area contributed by atoms with E-state index in [0.29, 0.717) is 0 Å². The number of carbonyl (C=O) groups excluding carboxylic acids is 1. The Bertz CT molecular complexity index is 372. The van der Waals surface area contributed by atoms with Gasteiger partial charge in [0.25, 0.3) is 0 Å². The van der Waals surface area contributed by atoms with Crippen LogP contribution in [0.15, 0.2) is 12.2 Å². The Hall–Kier alpha value is -0.370. The zero-order chi connectivity index (χ0) is 12.1. The molecule has 0 saturated carbocycles. The Kier molecular flexibility index (Phi) is 8.81. The van der Waals surface area contributed by atoms with Gasteiger partial charge in [-0.1, -0.05) is 6.58 Å². The summed E-state index contributed by atoms with van der Waals surface area (Å²) in [5.74, 6) is -2.63. The van der Waals surface area contributed by atoms with Gasteiger partial charge in [-0.3, -0.25) is 4.79 Å². The second-order valence-electron chi connectivity index (χ2n) is 2.91. The number of rotatable bonds is 6. The predicted octanol–water partition coefficient (Wildman–Crippen LogP) is -0.348. The van der Waals surface area contributed by atoms with Crippen LogP contribution in [0.1, 0.15) is 19.8 Å². The van der Waals surface area contributed by atoms with E-state index in [0.717, 1.165) is 0 Å². The summed E-state index contributed by atoms with van der Waals surface area (Å²) in [7, 11) is -4.00. The third-order valence-electron chi connectivity index (χ3n) is 1.34. The fourth-order valence-electron chi connectivity index (χ4n) is 0.628. The van der Waals surface area contributed by atoms with E-state index in [1.165, 1.54) is 6.92 Å². The molecule has 0 aromatic heterocycles. The molecule has 88 valence electrons. The first-order valence-corrected chi connectivity index (χ1v) is 5.66. The maximum atomic E-state index is 11.0. The van der Waals surface area contributed by atoms with E-state index in [1.807, 2.05) is 0 Å². The molecule has 0 atom stereocenters.